The lowest BCUT2D eigenvalue weighted by Gasteiger charge is -2.07. The molecule has 0 bridgehead atoms. The number of thiophene rings is 1. The van der Waals surface area contributed by atoms with Crippen molar-refractivity contribution in [3.63, 3.8) is 0 Å². The zero-order valence-corrected chi connectivity index (χ0v) is 10.9. The summed E-state index contributed by atoms with van der Waals surface area (Å²) in [5, 5.41) is 9.14. The van der Waals surface area contributed by atoms with E-state index in [1.807, 2.05) is 10.6 Å². The van der Waals surface area contributed by atoms with Crippen LogP contribution in [0, 0.1) is 5.82 Å². The molecule has 92 valence electrons. The third-order valence-electron chi connectivity index (χ3n) is 2.83. The van der Waals surface area contributed by atoms with Gasteiger partial charge in [-0.15, -0.1) is 21.5 Å². The largest absolute Gasteiger partial charge is 0.310 e. The average Bonchev–Trinajstić information content (AvgIpc) is 2.93. The first-order chi connectivity index (χ1) is 8.65. The molecule has 0 radical (unpaired) electrons. The van der Waals surface area contributed by atoms with Crippen LogP contribution in [0.5, 0.6) is 0 Å². The molecule has 0 unspecified atom stereocenters. The van der Waals surface area contributed by atoms with Crippen LogP contribution in [0.25, 0.3) is 20.8 Å². The first-order valence-corrected chi connectivity index (χ1v) is 6.56. The monoisotopic (exact) mass is 261 g/mol. The maximum absolute atomic E-state index is 13.2. The van der Waals surface area contributed by atoms with E-state index in [0.717, 1.165) is 20.8 Å². The van der Waals surface area contributed by atoms with Crippen LogP contribution < -0.4 is 0 Å². The molecule has 0 spiro atoms. The van der Waals surface area contributed by atoms with E-state index in [9.17, 15) is 4.39 Å². The third-order valence-corrected chi connectivity index (χ3v) is 3.93. The maximum atomic E-state index is 13.2. The second kappa shape index (κ2) is 4.17. The minimum atomic E-state index is -0.207. The van der Waals surface area contributed by atoms with E-state index in [1.165, 1.54) is 17.4 Å². The van der Waals surface area contributed by atoms with Crippen molar-refractivity contribution in [2.24, 2.45) is 0 Å². The molecule has 5 heteroatoms. The number of hydrogen-bond acceptors (Lipinski definition) is 3. The molecule has 0 saturated carbocycles. The molecular formula is C13H12FN3S. The second-order valence-electron chi connectivity index (χ2n) is 4.45. The van der Waals surface area contributed by atoms with Gasteiger partial charge in [0.15, 0.2) is 5.82 Å². The van der Waals surface area contributed by atoms with E-state index in [2.05, 4.69) is 24.0 Å². The average molecular weight is 261 g/mol. The molecule has 0 amide bonds. The molecule has 0 aliphatic heterocycles. The Morgan fingerprint density at radius 3 is 2.89 bits per heavy atom. The molecule has 0 N–H and O–H groups in total. The molecule has 0 fully saturated rings. The van der Waals surface area contributed by atoms with Crippen molar-refractivity contribution in [3.05, 3.63) is 36.4 Å². The third kappa shape index (κ3) is 1.80. The van der Waals surface area contributed by atoms with Crippen LogP contribution >= 0.6 is 11.3 Å². The lowest BCUT2D eigenvalue weighted by molar-refractivity contribution is 0.604. The van der Waals surface area contributed by atoms with Crippen molar-refractivity contribution in [1.82, 2.24) is 14.8 Å². The highest BCUT2D eigenvalue weighted by atomic mass is 32.1. The molecule has 1 aromatic carbocycles. The van der Waals surface area contributed by atoms with Crippen LogP contribution in [0.15, 0.2) is 30.6 Å². The summed E-state index contributed by atoms with van der Waals surface area (Å²) in [5.41, 5.74) is 0. The normalized spacial score (nSPS) is 11.6. The SMILES string of the molecule is CC(C)n1cnnc1-c1cc2ccc(F)cc2s1. The van der Waals surface area contributed by atoms with Crippen LogP contribution in [0.1, 0.15) is 19.9 Å². The summed E-state index contributed by atoms with van der Waals surface area (Å²) in [4.78, 5) is 1.02. The highest BCUT2D eigenvalue weighted by molar-refractivity contribution is 7.22. The van der Waals surface area contributed by atoms with Gasteiger partial charge in [0.1, 0.15) is 12.1 Å². The lowest BCUT2D eigenvalue weighted by Crippen LogP contribution is -2.00. The van der Waals surface area contributed by atoms with Gasteiger partial charge in [-0.3, -0.25) is 0 Å². The van der Waals surface area contributed by atoms with Crippen LogP contribution in [0.2, 0.25) is 0 Å². The van der Waals surface area contributed by atoms with Crippen LogP contribution in [-0.4, -0.2) is 14.8 Å². The van der Waals surface area contributed by atoms with Gasteiger partial charge < -0.3 is 4.57 Å². The fourth-order valence-corrected chi connectivity index (χ4v) is 2.99. The van der Waals surface area contributed by atoms with Crippen LogP contribution in [-0.2, 0) is 0 Å². The highest BCUT2D eigenvalue weighted by Gasteiger charge is 2.13. The Kier molecular flexibility index (Phi) is 2.63. The number of nitrogens with zero attached hydrogens (tertiary/aromatic N) is 3. The van der Waals surface area contributed by atoms with Gasteiger partial charge in [-0.2, -0.15) is 0 Å². The smallest absolute Gasteiger partial charge is 0.174 e. The molecule has 2 aromatic heterocycles. The van der Waals surface area contributed by atoms with Crippen molar-refractivity contribution in [1.29, 1.82) is 0 Å². The van der Waals surface area contributed by atoms with E-state index < -0.39 is 0 Å². The number of fused-ring (bicyclic) bond motifs is 1. The Balaban J connectivity index is 2.16. The van der Waals surface area contributed by atoms with Crippen LogP contribution in [0.4, 0.5) is 4.39 Å². The van der Waals surface area contributed by atoms with Gasteiger partial charge in [-0.1, -0.05) is 6.07 Å². The zero-order chi connectivity index (χ0) is 12.7. The van der Waals surface area contributed by atoms with E-state index in [0.29, 0.717) is 6.04 Å². The number of aromatic nitrogens is 3. The summed E-state index contributed by atoms with van der Waals surface area (Å²) >= 11 is 1.54. The number of hydrogen-bond donors (Lipinski definition) is 0. The van der Waals surface area contributed by atoms with Crippen LogP contribution in [0.3, 0.4) is 0 Å². The molecule has 3 aromatic rings. The number of rotatable bonds is 2. The quantitative estimate of drug-likeness (QED) is 0.701. The first kappa shape index (κ1) is 11.3. The van der Waals surface area contributed by atoms with Gasteiger partial charge in [0, 0.05) is 10.7 Å². The van der Waals surface area contributed by atoms with E-state index >= 15 is 0 Å². The van der Waals surface area contributed by atoms with Crippen molar-refractivity contribution < 1.29 is 4.39 Å². The highest BCUT2D eigenvalue weighted by Crippen LogP contribution is 2.33. The maximum Gasteiger partial charge on any atom is 0.174 e. The van der Waals surface area contributed by atoms with Crippen molar-refractivity contribution in [3.8, 4) is 10.7 Å². The molecule has 2 heterocycles. The fraction of sp³-hybridized carbons (Fsp3) is 0.231. The van der Waals surface area contributed by atoms with Crippen molar-refractivity contribution in [2.45, 2.75) is 19.9 Å². The summed E-state index contributed by atoms with van der Waals surface area (Å²) in [6.45, 7) is 4.17. The van der Waals surface area contributed by atoms with Gasteiger partial charge in [0.25, 0.3) is 0 Å². The Morgan fingerprint density at radius 2 is 2.11 bits per heavy atom. The summed E-state index contributed by atoms with van der Waals surface area (Å²) < 4.78 is 16.1. The van der Waals surface area contributed by atoms with Gasteiger partial charge in [0.2, 0.25) is 0 Å². The van der Waals surface area contributed by atoms with Gasteiger partial charge >= 0.3 is 0 Å². The zero-order valence-electron chi connectivity index (χ0n) is 10.1. The molecule has 0 atom stereocenters. The Bertz CT molecular complexity index is 699. The molecule has 3 rings (SSSR count). The molecular weight excluding hydrogens is 249 g/mol. The Morgan fingerprint density at radius 1 is 1.28 bits per heavy atom. The number of halogens is 1. The second-order valence-corrected chi connectivity index (χ2v) is 5.53. The summed E-state index contributed by atoms with van der Waals surface area (Å²) in [5.74, 6) is 0.632. The minimum Gasteiger partial charge on any atom is -0.310 e. The summed E-state index contributed by atoms with van der Waals surface area (Å²) in [6, 6.07) is 7.16. The summed E-state index contributed by atoms with van der Waals surface area (Å²) in [7, 11) is 0. The first-order valence-electron chi connectivity index (χ1n) is 5.74. The molecule has 0 aliphatic rings. The predicted octanol–water partition coefficient (Wildman–Crippen LogP) is 3.88. The topological polar surface area (TPSA) is 30.7 Å². The van der Waals surface area contributed by atoms with Crippen molar-refractivity contribution in [2.75, 3.05) is 0 Å². The Hall–Kier alpha value is -1.75. The minimum absolute atomic E-state index is 0.207. The van der Waals surface area contributed by atoms with Crippen molar-refractivity contribution >= 4 is 21.4 Å². The Labute approximate surface area is 108 Å². The lowest BCUT2D eigenvalue weighted by atomic mass is 10.2. The van der Waals surface area contributed by atoms with E-state index in [1.54, 1.807) is 18.5 Å². The van der Waals surface area contributed by atoms with Gasteiger partial charge in [0.05, 0.1) is 4.88 Å². The van der Waals surface area contributed by atoms with E-state index in [-0.39, 0.29) is 5.82 Å². The molecule has 18 heavy (non-hydrogen) atoms. The van der Waals surface area contributed by atoms with E-state index in [4.69, 9.17) is 0 Å². The molecule has 0 aliphatic carbocycles. The molecule has 3 nitrogen and oxygen atoms in total. The summed E-state index contributed by atoms with van der Waals surface area (Å²) in [6.07, 6.45) is 1.73. The molecule has 0 saturated heterocycles. The standard InChI is InChI=1S/C13H12FN3S/c1-8(2)17-7-15-16-13(17)12-5-9-3-4-10(14)6-11(9)18-12/h3-8H,1-2H3. The van der Waals surface area contributed by atoms with Gasteiger partial charge in [-0.25, -0.2) is 4.39 Å². The number of benzene rings is 1. The predicted molar refractivity (Wildman–Crippen MR) is 71.2 cm³/mol. The fourth-order valence-electron chi connectivity index (χ4n) is 1.91. The van der Waals surface area contributed by atoms with Gasteiger partial charge in [-0.05, 0) is 37.4 Å².